The standard InChI is InChI=1S/C10H16N4O/c1-11-9-5-10(14-7-13-9)12-6-8-3-2-4-15-8/h5,7-8H,2-4,6H2,1H3,(H2,11,12,13,14)/t8-/m1/s1. The van der Waals surface area contributed by atoms with Gasteiger partial charge in [-0.3, -0.25) is 0 Å². The molecule has 0 saturated carbocycles. The van der Waals surface area contributed by atoms with Gasteiger partial charge in [0, 0.05) is 26.3 Å². The highest BCUT2D eigenvalue weighted by Gasteiger charge is 2.14. The Kier molecular flexibility index (Phi) is 3.34. The Morgan fingerprint density at radius 2 is 2.33 bits per heavy atom. The minimum atomic E-state index is 0.331. The molecule has 1 aliphatic heterocycles. The van der Waals surface area contributed by atoms with Gasteiger partial charge in [-0.2, -0.15) is 0 Å². The van der Waals surface area contributed by atoms with Crippen molar-refractivity contribution < 1.29 is 4.74 Å². The second-order valence-electron chi connectivity index (χ2n) is 3.55. The maximum atomic E-state index is 5.51. The van der Waals surface area contributed by atoms with Crippen LogP contribution in [0.3, 0.4) is 0 Å². The van der Waals surface area contributed by atoms with Crippen LogP contribution in [-0.4, -0.2) is 36.3 Å². The van der Waals surface area contributed by atoms with E-state index in [9.17, 15) is 0 Å². The van der Waals surface area contributed by atoms with E-state index in [0.29, 0.717) is 6.10 Å². The summed E-state index contributed by atoms with van der Waals surface area (Å²) in [4.78, 5) is 8.17. The van der Waals surface area contributed by atoms with Crippen molar-refractivity contribution >= 4 is 11.6 Å². The summed E-state index contributed by atoms with van der Waals surface area (Å²) in [5, 5.41) is 6.22. The van der Waals surface area contributed by atoms with Gasteiger partial charge in [0.1, 0.15) is 18.0 Å². The molecule has 2 rings (SSSR count). The van der Waals surface area contributed by atoms with Crippen LogP contribution in [0.1, 0.15) is 12.8 Å². The van der Waals surface area contributed by atoms with Crippen LogP contribution in [0.5, 0.6) is 0 Å². The first-order valence-electron chi connectivity index (χ1n) is 5.24. The fraction of sp³-hybridized carbons (Fsp3) is 0.600. The Balaban J connectivity index is 1.86. The first-order valence-corrected chi connectivity index (χ1v) is 5.24. The summed E-state index contributed by atoms with van der Waals surface area (Å²) in [5.41, 5.74) is 0. The number of anilines is 2. The lowest BCUT2D eigenvalue weighted by atomic mass is 10.2. The third-order valence-corrected chi connectivity index (χ3v) is 2.46. The Labute approximate surface area is 89.3 Å². The van der Waals surface area contributed by atoms with Gasteiger partial charge in [0.2, 0.25) is 0 Å². The molecule has 1 aromatic heterocycles. The Morgan fingerprint density at radius 1 is 1.47 bits per heavy atom. The van der Waals surface area contributed by atoms with Crippen LogP contribution in [0, 0.1) is 0 Å². The molecule has 0 amide bonds. The molecule has 0 unspecified atom stereocenters. The normalized spacial score (nSPS) is 20.2. The number of nitrogens with zero attached hydrogens (tertiary/aromatic N) is 2. The zero-order valence-corrected chi connectivity index (χ0v) is 8.86. The highest BCUT2D eigenvalue weighted by molar-refractivity contribution is 5.45. The van der Waals surface area contributed by atoms with Crippen LogP contribution in [0.2, 0.25) is 0 Å². The molecule has 0 bridgehead atoms. The van der Waals surface area contributed by atoms with Crippen LogP contribution in [-0.2, 0) is 4.74 Å². The summed E-state index contributed by atoms with van der Waals surface area (Å²) in [7, 11) is 1.84. The van der Waals surface area contributed by atoms with Crippen molar-refractivity contribution in [3.05, 3.63) is 12.4 Å². The van der Waals surface area contributed by atoms with Crippen molar-refractivity contribution in [3.63, 3.8) is 0 Å². The largest absolute Gasteiger partial charge is 0.376 e. The molecule has 15 heavy (non-hydrogen) atoms. The van der Waals surface area contributed by atoms with Crippen LogP contribution in [0.25, 0.3) is 0 Å². The van der Waals surface area contributed by atoms with Gasteiger partial charge in [-0.25, -0.2) is 9.97 Å². The van der Waals surface area contributed by atoms with E-state index < -0.39 is 0 Å². The Morgan fingerprint density at radius 3 is 3.07 bits per heavy atom. The minimum absolute atomic E-state index is 0.331. The SMILES string of the molecule is CNc1cc(NC[C@H]2CCCO2)ncn1. The monoisotopic (exact) mass is 208 g/mol. The number of rotatable bonds is 4. The number of hydrogen-bond donors (Lipinski definition) is 2. The summed E-state index contributed by atoms with van der Waals surface area (Å²) in [6, 6.07) is 1.88. The maximum Gasteiger partial charge on any atom is 0.131 e. The number of nitrogens with one attached hydrogen (secondary N) is 2. The van der Waals surface area contributed by atoms with Crippen LogP contribution in [0.15, 0.2) is 12.4 Å². The maximum absolute atomic E-state index is 5.51. The molecule has 0 radical (unpaired) electrons. The summed E-state index contributed by atoms with van der Waals surface area (Å²) < 4.78 is 5.51. The van der Waals surface area contributed by atoms with Crippen LogP contribution in [0.4, 0.5) is 11.6 Å². The second kappa shape index (κ2) is 4.93. The van der Waals surface area contributed by atoms with Crippen molar-refractivity contribution in [1.82, 2.24) is 9.97 Å². The molecular formula is C10H16N4O. The quantitative estimate of drug-likeness (QED) is 0.776. The topological polar surface area (TPSA) is 59.1 Å². The molecule has 5 nitrogen and oxygen atoms in total. The molecule has 0 aliphatic carbocycles. The molecule has 1 aliphatic rings. The summed E-state index contributed by atoms with van der Waals surface area (Å²) in [6.45, 7) is 1.71. The van der Waals surface area contributed by atoms with Gasteiger partial charge < -0.3 is 15.4 Å². The lowest BCUT2D eigenvalue weighted by Gasteiger charge is -2.11. The molecule has 0 aromatic carbocycles. The van der Waals surface area contributed by atoms with Gasteiger partial charge in [0.15, 0.2) is 0 Å². The van der Waals surface area contributed by atoms with E-state index in [1.165, 1.54) is 0 Å². The predicted octanol–water partition coefficient (Wildman–Crippen LogP) is 1.11. The molecule has 1 saturated heterocycles. The Bertz CT molecular complexity index is 312. The van der Waals surface area contributed by atoms with E-state index in [4.69, 9.17) is 4.74 Å². The van der Waals surface area contributed by atoms with Gasteiger partial charge in [-0.05, 0) is 12.8 Å². The fourth-order valence-corrected chi connectivity index (χ4v) is 1.61. The van der Waals surface area contributed by atoms with Gasteiger partial charge in [-0.15, -0.1) is 0 Å². The van der Waals surface area contributed by atoms with Gasteiger partial charge >= 0.3 is 0 Å². The van der Waals surface area contributed by atoms with E-state index in [1.54, 1.807) is 6.33 Å². The van der Waals surface area contributed by atoms with E-state index in [-0.39, 0.29) is 0 Å². The molecule has 0 spiro atoms. The third-order valence-electron chi connectivity index (χ3n) is 2.46. The van der Waals surface area contributed by atoms with Crippen molar-refractivity contribution in [2.45, 2.75) is 18.9 Å². The zero-order chi connectivity index (χ0) is 10.5. The summed E-state index contributed by atoms with van der Waals surface area (Å²) in [5.74, 6) is 1.66. The van der Waals surface area contributed by atoms with Crippen molar-refractivity contribution in [2.24, 2.45) is 0 Å². The lowest BCUT2D eigenvalue weighted by Crippen LogP contribution is -2.19. The smallest absolute Gasteiger partial charge is 0.131 e. The molecule has 1 atom stereocenters. The van der Waals surface area contributed by atoms with Gasteiger partial charge in [-0.1, -0.05) is 0 Å². The van der Waals surface area contributed by atoms with Crippen LogP contribution < -0.4 is 10.6 Å². The molecule has 2 heterocycles. The van der Waals surface area contributed by atoms with Crippen molar-refractivity contribution in [1.29, 1.82) is 0 Å². The van der Waals surface area contributed by atoms with Crippen LogP contribution >= 0.6 is 0 Å². The number of hydrogen-bond acceptors (Lipinski definition) is 5. The van der Waals surface area contributed by atoms with E-state index in [0.717, 1.165) is 37.6 Å². The molecule has 5 heteroatoms. The van der Waals surface area contributed by atoms with Gasteiger partial charge in [0.05, 0.1) is 6.10 Å². The van der Waals surface area contributed by atoms with E-state index in [2.05, 4.69) is 20.6 Å². The summed E-state index contributed by atoms with van der Waals surface area (Å²) >= 11 is 0. The van der Waals surface area contributed by atoms with E-state index >= 15 is 0 Å². The molecule has 1 aromatic rings. The number of ether oxygens (including phenoxy) is 1. The first-order chi connectivity index (χ1) is 7.38. The number of aromatic nitrogens is 2. The molecule has 82 valence electrons. The van der Waals surface area contributed by atoms with Crippen molar-refractivity contribution in [2.75, 3.05) is 30.8 Å². The highest BCUT2D eigenvalue weighted by atomic mass is 16.5. The first kappa shape index (κ1) is 10.2. The van der Waals surface area contributed by atoms with Crippen molar-refractivity contribution in [3.8, 4) is 0 Å². The second-order valence-corrected chi connectivity index (χ2v) is 3.55. The predicted molar refractivity (Wildman–Crippen MR) is 59.0 cm³/mol. The minimum Gasteiger partial charge on any atom is -0.376 e. The fourth-order valence-electron chi connectivity index (χ4n) is 1.61. The highest BCUT2D eigenvalue weighted by Crippen LogP contribution is 2.13. The third kappa shape index (κ3) is 2.79. The average molecular weight is 208 g/mol. The lowest BCUT2D eigenvalue weighted by molar-refractivity contribution is 0.120. The average Bonchev–Trinajstić information content (AvgIpc) is 2.79. The Hall–Kier alpha value is -1.36. The van der Waals surface area contributed by atoms with Gasteiger partial charge in [0.25, 0.3) is 0 Å². The molecule has 2 N–H and O–H groups in total. The zero-order valence-electron chi connectivity index (χ0n) is 8.86. The molecule has 1 fully saturated rings. The van der Waals surface area contributed by atoms with E-state index in [1.807, 2.05) is 13.1 Å². The summed E-state index contributed by atoms with van der Waals surface area (Å²) in [6.07, 6.45) is 4.18. The molecular weight excluding hydrogens is 192 g/mol.